The van der Waals surface area contributed by atoms with E-state index in [2.05, 4.69) is 22.1 Å². The molecule has 4 nitrogen and oxygen atoms in total. The highest BCUT2D eigenvalue weighted by Gasteiger charge is 2.29. The normalized spacial score (nSPS) is 17.0. The zero-order chi connectivity index (χ0) is 14.7. The van der Waals surface area contributed by atoms with Gasteiger partial charge in [0.25, 0.3) is 0 Å². The maximum absolute atomic E-state index is 12.3. The van der Waals surface area contributed by atoms with Gasteiger partial charge in [-0.2, -0.15) is 11.3 Å². The van der Waals surface area contributed by atoms with Crippen LogP contribution in [0.3, 0.4) is 0 Å². The summed E-state index contributed by atoms with van der Waals surface area (Å²) in [6, 6.07) is 9.54. The van der Waals surface area contributed by atoms with E-state index in [1.807, 2.05) is 29.6 Å². The van der Waals surface area contributed by atoms with Crippen LogP contribution in [0, 0.1) is 0 Å². The number of amides is 2. The molecular weight excluding hydrogens is 284 g/mol. The molecule has 21 heavy (non-hydrogen) atoms. The van der Waals surface area contributed by atoms with Crippen LogP contribution in [-0.4, -0.2) is 18.4 Å². The average Bonchev–Trinajstić information content (AvgIpc) is 2.99. The van der Waals surface area contributed by atoms with Crippen LogP contribution in [0.15, 0.2) is 41.1 Å². The Labute approximate surface area is 127 Å². The van der Waals surface area contributed by atoms with Crippen molar-refractivity contribution in [2.45, 2.75) is 18.8 Å². The molecule has 2 N–H and O–H groups in total. The molecule has 1 aliphatic rings. The highest BCUT2D eigenvalue weighted by molar-refractivity contribution is 7.07. The summed E-state index contributed by atoms with van der Waals surface area (Å²) >= 11 is 1.65. The Bertz CT molecular complexity index is 652. The lowest BCUT2D eigenvalue weighted by Crippen LogP contribution is -2.35. The lowest BCUT2D eigenvalue weighted by Gasteiger charge is -2.24. The number of anilines is 1. The Balaban J connectivity index is 1.65. The van der Waals surface area contributed by atoms with Gasteiger partial charge in [0, 0.05) is 18.7 Å². The Morgan fingerprint density at radius 1 is 1.33 bits per heavy atom. The summed E-state index contributed by atoms with van der Waals surface area (Å²) in [6.45, 7) is 0.593. The molecule has 1 aromatic carbocycles. The molecule has 2 aromatic rings. The third-order valence-corrected chi connectivity index (χ3v) is 4.34. The number of carbonyl (C=O) groups excluding carboxylic acids is 2. The summed E-state index contributed by atoms with van der Waals surface area (Å²) in [5.74, 6) is -0.573. The van der Waals surface area contributed by atoms with E-state index in [9.17, 15) is 9.59 Å². The number of hydrogen-bond donors (Lipinski definition) is 2. The highest BCUT2D eigenvalue weighted by atomic mass is 32.1. The first kappa shape index (κ1) is 13.8. The number of carbonyl (C=O) groups is 2. The summed E-state index contributed by atoms with van der Waals surface area (Å²) in [5.41, 5.74) is 2.86. The Morgan fingerprint density at radius 3 is 3.00 bits per heavy atom. The van der Waals surface area contributed by atoms with Gasteiger partial charge in [-0.15, -0.1) is 0 Å². The summed E-state index contributed by atoms with van der Waals surface area (Å²) in [7, 11) is 0. The summed E-state index contributed by atoms with van der Waals surface area (Å²) < 4.78 is 0. The van der Waals surface area contributed by atoms with Gasteiger partial charge < -0.3 is 10.6 Å². The van der Waals surface area contributed by atoms with E-state index < -0.39 is 5.92 Å². The van der Waals surface area contributed by atoms with E-state index >= 15 is 0 Å². The van der Waals surface area contributed by atoms with Crippen molar-refractivity contribution >= 4 is 28.8 Å². The van der Waals surface area contributed by atoms with Gasteiger partial charge in [0.1, 0.15) is 0 Å². The number of fused-ring (bicyclic) bond motifs is 1. The number of thiophene rings is 1. The number of hydrogen-bond acceptors (Lipinski definition) is 3. The van der Waals surface area contributed by atoms with Crippen LogP contribution in [0.25, 0.3) is 0 Å². The molecule has 2 amide bonds. The van der Waals surface area contributed by atoms with Crippen molar-refractivity contribution in [2.24, 2.45) is 0 Å². The van der Waals surface area contributed by atoms with Gasteiger partial charge in [-0.05, 0) is 40.4 Å². The molecule has 2 heterocycles. The molecule has 1 atom stereocenters. The molecule has 5 heteroatoms. The molecular formula is C16H16N2O2S. The molecule has 0 bridgehead atoms. The summed E-state index contributed by atoms with van der Waals surface area (Å²) in [6.07, 6.45) is 1.02. The van der Waals surface area contributed by atoms with E-state index in [0.29, 0.717) is 6.54 Å². The number of para-hydroxylation sites is 1. The van der Waals surface area contributed by atoms with E-state index in [-0.39, 0.29) is 18.2 Å². The molecule has 0 radical (unpaired) electrons. The van der Waals surface area contributed by atoms with Gasteiger partial charge in [-0.25, -0.2) is 0 Å². The van der Waals surface area contributed by atoms with Crippen molar-refractivity contribution < 1.29 is 9.59 Å². The second-order valence-electron chi connectivity index (χ2n) is 5.06. The maximum Gasteiger partial charge on any atom is 0.228 e. The van der Waals surface area contributed by atoms with Crippen LogP contribution in [0.1, 0.15) is 23.5 Å². The largest absolute Gasteiger partial charge is 0.355 e. The van der Waals surface area contributed by atoms with Crippen LogP contribution in [0.2, 0.25) is 0 Å². The fraction of sp³-hybridized carbons (Fsp3) is 0.250. The van der Waals surface area contributed by atoms with Crippen molar-refractivity contribution in [2.75, 3.05) is 11.9 Å². The Kier molecular flexibility index (Phi) is 4.01. The van der Waals surface area contributed by atoms with Gasteiger partial charge >= 0.3 is 0 Å². The zero-order valence-corrected chi connectivity index (χ0v) is 12.3. The van der Waals surface area contributed by atoms with Gasteiger partial charge in [0.15, 0.2) is 0 Å². The zero-order valence-electron chi connectivity index (χ0n) is 11.5. The molecule has 0 spiro atoms. The fourth-order valence-corrected chi connectivity index (χ4v) is 3.24. The SMILES string of the molecule is O=C1C[C@H](C(=O)NCCc2ccsc2)c2ccccc2N1. The third kappa shape index (κ3) is 3.13. The second-order valence-corrected chi connectivity index (χ2v) is 5.84. The molecule has 3 rings (SSSR count). The second kappa shape index (κ2) is 6.10. The third-order valence-electron chi connectivity index (χ3n) is 3.61. The summed E-state index contributed by atoms with van der Waals surface area (Å²) in [5, 5.41) is 9.85. The van der Waals surface area contributed by atoms with Crippen molar-refractivity contribution in [1.29, 1.82) is 0 Å². The average molecular weight is 300 g/mol. The van der Waals surface area contributed by atoms with Crippen molar-refractivity contribution in [3.8, 4) is 0 Å². The Hall–Kier alpha value is -2.14. The minimum Gasteiger partial charge on any atom is -0.355 e. The first-order chi connectivity index (χ1) is 10.2. The first-order valence-electron chi connectivity index (χ1n) is 6.91. The Morgan fingerprint density at radius 2 is 2.19 bits per heavy atom. The van der Waals surface area contributed by atoms with Crippen molar-refractivity contribution in [3.05, 3.63) is 52.2 Å². The highest BCUT2D eigenvalue weighted by Crippen LogP contribution is 2.31. The molecule has 0 saturated heterocycles. The molecule has 1 aromatic heterocycles. The fourth-order valence-electron chi connectivity index (χ4n) is 2.53. The monoisotopic (exact) mass is 300 g/mol. The first-order valence-corrected chi connectivity index (χ1v) is 7.86. The van der Waals surface area contributed by atoms with Crippen LogP contribution < -0.4 is 10.6 Å². The van der Waals surface area contributed by atoms with Gasteiger partial charge in [-0.3, -0.25) is 9.59 Å². The van der Waals surface area contributed by atoms with Crippen molar-refractivity contribution in [3.63, 3.8) is 0 Å². The predicted molar refractivity (Wildman–Crippen MR) is 83.5 cm³/mol. The maximum atomic E-state index is 12.3. The lowest BCUT2D eigenvalue weighted by molar-refractivity contribution is -0.126. The molecule has 0 aliphatic carbocycles. The number of benzene rings is 1. The quantitative estimate of drug-likeness (QED) is 0.911. The van der Waals surface area contributed by atoms with Crippen LogP contribution in [0.4, 0.5) is 5.69 Å². The lowest BCUT2D eigenvalue weighted by atomic mass is 9.90. The minimum absolute atomic E-state index is 0.0764. The van der Waals surface area contributed by atoms with Crippen LogP contribution in [0.5, 0.6) is 0 Å². The molecule has 0 fully saturated rings. The number of nitrogens with one attached hydrogen (secondary N) is 2. The van der Waals surface area contributed by atoms with E-state index in [1.54, 1.807) is 11.3 Å². The van der Waals surface area contributed by atoms with Gasteiger partial charge in [0.2, 0.25) is 11.8 Å². The molecule has 0 saturated carbocycles. The summed E-state index contributed by atoms with van der Waals surface area (Å²) in [4.78, 5) is 24.1. The van der Waals surface area contributed by atoms with E-state index in [4.69, 9.17) is 0 Å². The van der Waals surface area contributed by atoms with E-state index in [1.165, 1.54) is 5.56 Å². The van der Waals surface area contributed by atoms with Crippen LogP contribution in [-0.2, 0) is 16.0 Å². The number of rotatable bonds is 4. The molecule has 1 aliphatic heterocycles. The minimum atomic E-state index is -0.391. The topological polar surface area (TPSA) is 58.2 Å². The van der Waals surface area contributed by atoms with Gasteiger partial charge in [-0.1, -0.05) is 18.2 Å². The molecule has 108 valence electrons. The predicted octanol–water partition coefficient (Wildman–Crippen LogP) is 2.53. The smallest absolute Gasteiger partial charge is 0.228 e. The van der Waals surface area contributed by atoms with Crippen LogP contribution >= 0.6 is 11.3 Å². The van der Waals surface area contributed by atoms with Crippen molar-refractivity contribution in [1.82, 2.24) is 5.32 Å². The van der Waals surface area contributed by atoms with Gasteiger partial charge in [0.05, 0.1) is 5.92 Å². The molecule has 0 unspecified atom stereocenters. The van der Waals surface area contributed by atoms with E-state index in [0.717, 1.165) is 17.7 Å². The standard InChI is InChI=1S/C16H16N2O2S/c19-15-9-13(12-3-1-2-4-14(12)18-15)16(20)17-7-5-11-6-8-21-10-11/h1-4,6,8,10,13H,5,7,9H2,(H,17,20)(H,18,19)/t13-/m0/s1.